The first-order valence-electron chi connectivity index (χ1n) is 31.7. The third-order valence-corrected chi connectivity index (χ3v) is 19.0. The highest BCUT2D eigenvalue weighted by atomic mass is 16.8. The zero-order valence-electron chi connectivity index (χ0n) is 51.8. The number of fused-ring (bicyclic) bond motifs is 7. The fraction of sp³-hybridized carbons (Fsp3) is 1.00. The minimum absolute atomic E-state index is 0.976. The summed E-state index contributed by atoms with van der Waals surface area (Å²) in [5.74, 6) is 0. The number of hydrogen-bond donors (Lipinski definition) is 27. The van der Waals surface area contributed by atoms with E-state index < -0.39 is 336 Å². The van der Waals surface area contributed by atoms with Crippen molar-refractivity contribution >= 4 is 0 Å². The van der Waals surface area contributed by atoms with E-state index in [2.05, 4.69) is 0 Å². The van der Waals surface area contributed by atoms with Crippen molar-refractivity contribution in [3.05, 3.63) is 0 Å². The molecule has 0 aromatic carbocycles. The van der Waals surface area contributed by atoms with Gasteiger partial charge in [0.1, 0.15) is 220 Å². The Hall–Kier alpha value is -1.80. The van der Waals surface area contributed by atoms with Gasteiger partial charge >= 0.3 is 0 Å². The smallest absolute Gasteiger partial charge is 0.187 e. The second-order valence-electron chi connectivity index (χ2n) is 25.3. The minimum atomic E-state index is -2.46. The first kappa shape index (κ1) is 79.8. The predicted octanol–water partition coefficient (Wildman–Crippen LogP) is -19.6. The molecule has 17 aliphatic rings. The van der Waals surface area contributed by atoms with Crippen LogP contribution >= 0.6 is 0 Å². The summed E-state index contributed by atoms with van der Waals surface area (Å²) < 4.78 is 104. The molecule has 45 heteroatoms. The van der Waals surface area contributed by atoms with Crippen LogP contribution in [0.2, 0.25) is 0 Å². The molecular formula is C54H90O45. The monoisotopic (exact) mass is 1460 g/mol. The van der Waals surface area contributed by atoms with E-state index in [0.717, 1.165) is 0 Å². The lowest BCUT2D eigenvalue weighted by atomic mass is 9.94. The first-order valence-corrected chi connectivity index (χ1v) is 31.7. The fourth-order valence-corrected chi connectivity index (χ4v) is 13.5. The van der Waals surface area contributed by atoms with Crippen molar-refractivity contribution in [2.75, 3.05) is 59.5 Å². The van der Waals surface area contributed by atoms with E-state index in [-0.39, 0.29) is 0 Å². The molecule has 0 aromatic heterocycles. The molecule has 0 amide bonds. The zero-order chi connectivity index (χ0) is 72.1. The molecule has 17 saturated heterocycles. The Bertz CT molecular complexity index is 2460. The number of hydrogen-bond acceptors (Lipinski definition) is 45. The zero-order valence-corrected chi connectivity index (χ0v) is 51.8. The number of ether oxygens (including phenoxy) is 18. The van der Waals surface area contributed by atoms with Crippen LogP contribution in [0.25, 0.3) is 0 Å². The van der Waals surface area contributed by atoms with Gasteiger partial charge in [0.2, 0.25) is 0 Å². The molecule has 0 saturated carbocycles. The van der Waals surface area contributed by atoms with Crippen molar-refractivity contribution in [2.24, 2.45) is 0 Å². The molecule has 0 aromatic rings. The lowest BCUT2D eigenvalue weighted by Crippen LogP contribution is -2.70. The highest BCUT2D eigenvalue weighted by Crippen LogP contribution is 2.41. The average Bonchev–Trinajstić information content (AvgIpc) is 0.774. The van der Waals surface area contributed by atoms with E-state index in [1.54, 1.807) is 0 Å². The summed E-state index contributed by atoms with van der Waals surface area (Å²) in [7, 11) is 0. The molecule has 45 nitrogen and oxygen atoms in total. The Kier molecular flexibility index (Phi) is 27.4. The molecule has 17 fully saturated rings. The number of aliphatic hydroxyl groups excluding tert-OH is 27. The van der Waals surface area contributed by atoms with Gasteiger partial charge in [-0.05, 0) is 0 Å². The fourth-order valence-electron chi connectivity index (χ4n) is 13.5. The van der Waals surface area contributed by atoms with Gasteiger partial charge in [0.05, 0.1) is 59.5 Å². The van der Waals surface area contributed by atoms with E-state index in [9.17, 15) is 138 Å². The highest BCUT2D eigenvalue weighted by Gasteiger charge is 2.62. The van der Waals surface area contributed by atoms with Crippen LogP contribution in [-0.2, 0) is 85.3 Å². The Labute approximate surface area is 558 Å². The van der Waals surface area contributed by atoms with Crippen LogP contribution in [0.5, 0.6) is 0 Å². The van der Waals surface area contributed by atoms with E-state index >= 15 is 0 Å². The summed E-state index contributed by atoms with van der Waals surface area (Å²) in [6, 6.07) is 0. The van der Waals surface area contributed by atoms with Gasteiger partial charge in [-0.3, -0.25) is 0 Å². The largest absolute Gasteiger partial charge is 0.394 e. The summed E-state index contributed by atoms with van der Waals surface area (Å²) in [6.45, 7) is -10.3. The van der Waals surface area contributed by atoms with Crippen molar-refractivity contribution < 1.29 is 223 Å². The topological polar surface area (TPSA) is 712 Å². The summed E-state index contributed by atoms with van der Waals surface area (Å²) in [6.07, 6.45) is -95.8. The van der Waals surface area contributed by atoms with Crippen molar-refractivity contribution in [2.45, 2.75) is 276 Å². The predicted molar refractivity (Wildman–Crippen MR) is 294 cm³/mol. The molecule has 17 heterocycles. The van der Waals surface area contributed by atoms with Crippen molar-refractivity contribution in [3.8, 4) is 0 Å². The SMILES string of the molecule is OC[C@H]1O[C@@H](O)[C@H](O)[C@@H](O)[C@H]1O[C@H]1O[C@H](CO)[C@@H](O[C@H]2[C@H]3O[C@H]4[C@H](O)[C@@H](O)[C@@H](O[C@H]5[C@H](O)[C@@H](O)C(O[C@H]6[C@H](O)[C@@H](O)[C@@H](O[C@H]7[C@H](O)[C@@H](O)[C@@H](O[C@H]8[C@H](O)[C@@H](O)[C@@H](O[C@H]9[C@H](O)[C@@H](O)[C@@H](O[C@@H]([C@@H]2O)[C@@H](CO)O3)O[C@@H]9CO)O[C@@H]8CO)O[C@@H]7CO)O[C@@H]6CO)O[C@@H]5CO)O[C@@H]4CO)[C@H](O)[C@H]1O. The molecule has 17 aliphatic heterocycles. The van der Waals surface area contributed by atoms with Gasteiger partial charge in [-0.25, -0.2) is 0 Å². The van der Waals surface area contributed by atoms with Gasteiger partial charge in [0.15, 0.2) is 56.6 Å². The van der Waals surface area contributed by atoms with Crippen molar-refractivity contribution in [3.63, 3.8) is 0 Å². The lowest BCUT2D eigenvalue weighted by molar-refractivity contribution is -0.406. The van der Waals surface area contributed by atoms with Crippen LogP contribution in [-0.4, -0.2) is 474 Å². The molecule has 1 unspecified atom stereocenters. The van der Waals surface area contributed by atoms with E-state index in [1.807, 2.05) is 0 Å². The van der Waals surface area contributed by atoms with Gasteiger partial charge in [0, 0.05) is 0 Å². The standard InChI is InChI=1S/C54H90O45/c55-1-10-37(19(64)27(72)46(81)82-10)92-47-28(73)20(65)36(11(2-56)83-47)91-45-35(80)44-18(9-63)90-54(45)99-43-17(8-62)89-52(34(79)26(43)71)97-41-15(6-60)87-50(32(77)24(41)69)95-39-13(4-58)85-48(30(75)22(39)67)93-38-12(3-57)84-49(29(74)21(38)66)94-40-14(5-59)86-51(31(76)23(40)68)96-42-16(7-61)88-53(98-44)33(78)25(42)70/h10-81H,1-9H2/t10-,11-,12-,13-,14-,15-,16-,17-,18-,19-,20-,21-,22-,23-,24-,25-,26-,27-,28-,29-,30-,31-,32-,33-,34-,35+,36-,37+,38-,39-,40-,41-,42-,43-,44-,45-,46-,47-,48-,49-,50?,51-,52-,53-,54-/m1/s1. The molecule has 576 valence electrons. The third kappa shape index (κ3) is 15.8. The molecule has 0 spiro atoms. The Balaban J connectivity index is 0.968. The number of rotatable bonds is 13. The van der Waals surface area contributed by atoms with Gasteiger partial charge < -0.3 is 223 Å². The third-order valence-electron chi connectivity index (χ3n) is 19.0. The maximum atomic E-state index is 12.5. The van der Waals surface area contributed by atoms with Crippen LogP contribution in [0.4, 0.5) is 0 Å². The van der Waals surface area contributed by atoms with Crippen molar-refractivity contribution in [1.29, 1.82) is 0 Å². The highest BCUT2D eigenvalue weighted by molar-refractivity contribution is 5.04. The van der Waals surface area contributed by atoms with Crippen LogP contribution in [0.15, 0.2) is 0 Å². The maximum absolute atomic E-state index is 12.5. The van der Waals surface area contributed by atoms with E-state index in [0.29, 0.717) is 0 Å². The lowest BCUT2D eigenvalue weighted by Gasteiger charge is -2.51. The summed E-state index contributed by atoms with van der Waals surface area (Å²) >= 11 is 0. The minimum Gasteiger partial charge on any atom is -0.394 e. The second kappa shape index (κ2) is 34.0. The molecular weight excluding hydrogens is 1370 g/mol. The average molecular weight is 1460 g/mol. The molecule has 0 aliphatic carbocycles. The Morgan fingerprint density at radius 3 is 0.667 bits per heavy atom. The normalized spacial score (nSPS) is 55.1. The first-order chi connectivity index (χ1) is 47.1. The summed E-state index contributed by atoms with van der Waals surface area (Å²) in [4.78, 5) is 0. The van der Waals surface area contributed by atoms with E-state index in [4.69, 9.17) is 85.3 Å². The molecule has 17 rings (SSSR count). The molecule has 27 N–H and O–H groups in total. The Morgan fingerprint density at radius 1 is 0.172 bits per heavy atom. The van der Waals surface area contributed by atoms with Gasteiger partial charge in [-0.2, -0.15) is 0 Å². The molecule has 0 radical (unpaired) electrons. The van der Waals surface area contributed by atoms with Crippen LogP contribution in [0.1, 0.15) is 0 Å². The maximum Gasteiger partial charge on any atom is 0.187 e. The van der Waals surface area contributed by atoms with Crippen LogP contribution < -0.4 is 0 Å². The van der Waals surface area contributed by atoms with Gasteiger partial charge in [-0.1, -0.05) is 0 Å². The second-order valence-corrected chi connectivity index (χ2v) is 25.3. The van der Waals surface area contributed by atoms with E-state index in [1.165, 1.54) is 0 Å². The van der Waals surface area contributed by atoms with Crippen LogP contribution in [0, 0.1) is 0 Å². The molecule has 45 atom stereocenters. The summed E-state index contributed by atoms with van der Waals surface area (Å²) in [5, 5.41) is 301. The van der Waals surface area contributed by atoms with Gasteiger partial charge in [0.25, 0.3) is 0 Å². The quantitative estimate of drug-likeness (QED) is 0.0814. The summed E-state index contributed by atoms with van der Waals surface area (Å²) in [5.41, 5.74) is 0. The molecule has 14 bridgehead atoms. The van der Waals surface area contributed by atoms with Gasteiger partial charge in [-0.15, -0.1) is 0 Å². The van der Waals surface area contributed by atoms with Crippen molar-refractivity contribution in [1.82, 2.24) is 0 Å². The Morgan fingerprint density at radius 2 is 0.394 bits per heavy atom. The van der Waals surface area contributed by atoms with Crippen LogP contribution in [0.3, 0.4) is 0 Å². The number of aliphatic hydroxyl groups is 27. The molecule has 99 heavy (non-hydrogen) atoms.